The number of rotatable bonds is 5. The van der Waals surface area contributed by atoms with Crippen molar-refractivity contribution >= 4 is 0 Å². The van der Waals surface area contributed by atoms with Gasteiger partial charge in [-0.3, -0.25) is 0 Å². The van der Waals surface area contributed by atoms with E-state index >= 15 is 0 Å². The average molecular weight is 253 g/mol. The lowest BCUT2D eigenvalue weighted by molar-refractivity contribution is 0.0749. The maximum atomic E-state index is 13.4. The average Bonchev–Trinajstić information content (AvgIpc) is 2.77. The number of benzene rings is 1. The highest BCUT2D eigenvalue weighted by molar-refractivity contribution is 5.28. The number of hydrogen-bond donors (Lipinski definition) is 1. The molecular weight excluding hydrogens is 233 g/mol. The molecule has 0 saturated heterocycles. The van der Waals surface area contributed by atoms with Crippen LogP contribution in [0.4, 0.5) is 4.39 Å². The van der Waals surface area contributed by atoms with Crippen LogP contribution in [0.25, 0.3) is 0 Å². The van der Waals surface area contributed by atoms with Crippen LogP contribution in [0.2, 0.25) is 0 Å². The Morgan fingerprint density at radius 1 is 1.33 bits per heavy atom. The quantitative estimate of drug-likeness (QED) is 0.877. The van der Waals surface area contributed by atoms with Crippen LogP contribution < -0.4 is 10.5 Å². The molecular formula is C14H20FNO2. The largest absolute Gasteiger partial charge is 0.494 e. The van der Waals surface area contributed by atoms with E-state index in [1.807, 2.05) is 0 Å². The molecule has 0 aromatic heterocycles. The second kappa shape index (κ2) is 5.67. The first-order chi connectivity index (χ1) is 8.63. The van der Waals surface area contributed by atoms with Gasteiger partial charge in [0.2, 0.25) is 0 Å². The van der Waals surface area contributed by atoms with Crippen LogP contribution in [0.5, 0.6) is 5.75 Å². The molecule has 2 N–H and O–H groups in total. The van der Waals surface area contributed by atoms with Crippen LogP contribution in [-0.2, 0) is 11.3 Å². The summed E-state index contributed by atoms with van der Waals surface area (Å²) in [7, 11) is 1.45. The van der Waals surface area contributed by atoms with E-state index in [4.69, 9.17) is 15.2 Å². The molecule has 1 aliphatic carbocycles. The summed E-state index contributed by atoms with van der Waals surface area (Å²) in [6.07, 6.45) is 4.39. The summed E-state index contributed by atoms with van der Waals surface area (Å²) in [6.45, 7) is 0.931. The topological polar surface area (TPSA) is 44.5 Å². The summed E-state index contributed by atoms with van der Waals surface area (Å²) < 4.78 is 23.9. The molecule has 4 heteroatoms. The van der Waals surface area contributed by atoms with Gasteiger partial charge in [0.1, 0.15) is 0 Å². The molecule has 1 aromatic rings. The van der Waals surface area contributed by atoms with Crippen molar-refractivity contribution in [2.45, 2.75) is 37.8 Å². The van der Waals surface area contributed by atoms with Crippen molar-refractivity contribution in [3.63, 3.8) is 0 Å². The lowest BCUT2D eigenvalue weighted by Crippen LogP contribution is -2.41. The van der Waals surface area contributed by atoms with Crippen molar-refractivity contribution in [3.05, 3.63) is 29.6 Å². The molecule has 1 aliphatic rings. The summed E-state index contributed by atoms with van der Waals surface area (Å²) in [4.78, 5) is 0. The van der Waals surface area contributed by atoms with Gasteiger partial charge in [0.15, 0.2) is 11.6 Å². The fraction of sp³-hybridized carbons (Fsp3) is 0.571. The first-order valence-electron chi connectivity index (χ1n) is 6.32. The lowest BCUT2D eigenvalue weighted by atomic mass is 10.0. The van der Waals surface area contributed by atoms with Gasteiger partial charge in [-0.15, -0.1) is 0 Å². The molecule has 0 heterocycles. The number of methoxy groups -OCH3 is 1. The Labute approximate surface area is 107 Å². The Hall–Kier alpha value is -1.13. The number of hydrogen-bond acceptors (Lipinski definition) is 3. The molecule has 0 atom stereocenters. The molecule has 2 rings (SSSR count). The van der Waals surface area contributed by atoms with Crippen molar-refractivity contribution in [3.8, 4) is 5.75 Å². The summed E-state index contributed by atoms with van der Waals surface area (Å²) in [5.74, 6) is -0.105. The first-order valence-corrected chi connectivity index (χ1v) is 6.32. The minimum absolute atomic E-state index is 0.176. The van der Waals surface area contributed by atoms with Crippen molar-refractivity contribution in [1.29, 1.82) is 0 Å². The fourth-order valence-corrected chi connectivity index (χ4v) is 2.40. The van der Waals surface area contributed by atoms with E-state index in [1.165, 1.54) is 26.0 Å². The predicted octanol–water partition coefficient (Wildman–Crippen LogP) is 2.62. The summed E-state index contributed by atoms with van der Waals surface area (Å²) in [6, 6.07) is 4.86. The van der Waals surface area contributed by atoms with Gasteiger partial charge in [-0.25, -0.2) is 4.39 Å². The summed E-state index contributed by atoms with van der Waals surface area (Å²) in [5, 5.41) is 0. The number of nitrogens with two attached hydrogens (primary N) is 1. The monoisotopic (exact) mass is 253 g/mol. The van der Waals surface area contributed by atoms with E-state index in [-0.39, 0.29) is 17.1 Å². The minimum Gasteiger partial charge on any atom is -0.494 e. The predicted molar refractivity (Wildman–Crippen MR) is 68.0 cm³/mol. The van der Waals surface area contributed by atoms with Crippen molar-refractivity contribution in [1.82, 2.24) is 0 Å². The first kappa shape index (κ1) is 13.3. The minimum atomic E-state index is -0.359. The Bertz CT molecular complexity index is 403. The highest BCUT2D eigenvalue weighted by atomic mass is 19.1. The SMILES string of the molecule is COc1ccc(COCC2(N)CCCC2)cc1F. The Balaban J connectivity index is 1.85. The van der Waals surface area contributed by atoms with Crippen molar-refractivity contribution in [2.24, 2.45) is 5.73 Å². The normalized spacial score (nSPS) is 17.9. The molecule has 0 aliphatic heterocycles. The Morgan fingerprint density at radius 2 is 2.06 bits per heavy atom. The molecule has 18 heavy (non-hydrogen) atoms. The molecule has 0 radical (unpaired) electrons. The zero-order chi connectivity index (χ0) is 13.0. The molecule has 0 spiro atoms. The Morgan fingerprint density at radius 3 is 2.67 bits per heavy atom. The fourth-order valence-electron chi connectivity index (χ4n) is 2.40. The van der Waals surface area contributed by atoms with Gasteiger partial charge in [-0.05, 0) is 30.5 Å². The third-order valence-electron chi connectivity index (χ3n) is 3.47. The molecule has 0 amide bonds. The van der Waals surface area contributed by atoms with Gasteiger partial charge in [-0.2, -0.15) is 0 Å². The molecule has 100 valence electrons. The smallest absolute Gasteiger partial charge is 0.165 e. The molecule has 3 nitrogen and oxygen atoms in total. The van der Waals surface area contributed by atoms with E-state index < -0.39 is 0 Å². The van der Waals surface area contributed by atoms with E-state index in [9.17, 15) is 4.39 Å². The van der Waals surface area contributed by atoms with Gasteiger partial charge in [-0.1, -0.05) is 18.9 Å². The zero-order valence-corrected chi connectivity index (χ0v) is 10.7. The van der Waals surface area contributed by atoms with Gasteiger partial charge in [0.05, 0.1) is 20.3 Å². The van der Waals surface area contributed by atoms with Crippen LogP contribution in [-0.4, -0.2) is 19.3 Å². The van der Waals surface area contributed by atoms with Crippen LogP contribution in [0, 0.1) is 5.82 Å². The second-order valence-electron chi connectivity index (χ2n) is 5.03. The number of halogens is 1. The third-order valence-corrected chi connectivity index (χ3v) is 3.47. The van der Waals surface area contributed by atoms with Crippen molar-refractivity contribution < 1.29 is 13.9 Å². The molecule has 1 fully saturated rings. The van der Waals surface area contributed by atoms with Gasteiger partial charge in [0.25, 0.3) is 0 Å². The lowest BCUT2D eigenvalue weighted by Gasteiger charge is -2.23. The molecule has 0 unspecified atom stereocenters. The van der Waals surface area contributed by atoms with Crippen LogP contribution in [0.1, 0.15) is 31.2 Å². The van der Waals surface area contributed by atoms with Gasteiger partial charge < -0.3 is 15.2 Å². The van der Waals surface area contributed by atoms with E-state index in [0.29, 0.717) is 13.2 Å². The van der Waals surface area contributed by atoms with Crippen molar-refractivity contribution in [2.75, 3.05) is 13.7 Å². The summed E-state index contributed by atoms with van der Waals surface area (Å²) in [5.41, 5.74) is 6.80. The zero-order valence-electron chi connectivity index (χ0n) is 10.7. The highest BCUT2D eigenvalue weighted by Crippen LogP contribution is 2.27. The maximum Gasteiger partial charge on any atom is 0.165 e. The van der Waals surface area contributed by atoms with E-state index in [0.717, 1.165) is 18.4 Å². The second-order valence-corrected chi connectivity index (χ2v) is 5.03. The van der Waals surface area contributed by atoms with E-state index in [2.05, 4.69) is 0 Å². The van der Waals surface area contributed by atoms with Gasteiger partial charge in [0, 0.05) is 5.54 Å². The third kappa shape index (κ3) is 3.21. The molecule has 1 saturated carbocycles. The summed E-state index contributed by atoms with van der Waals surface area (Å²) >= 11 is 0. The number of ether oxygens (including phenoxy) is 2. The maximum absolute atomic E-state index is 13.4. The standard InChI is InChI=1S/C14H20FNO2/c1-17-13-5-4-11(8-12(13)15)9-18-10-14(16)6-2-3-7-14/h4-5,8H,2-3,6-7,9-10,16H2,1H3. The van der Waals surface area contributed by atoms with E-state index in [1.54, 1.807) is 12.1 Å². The van der Waals surface area contributed by atoms with Crippen LogP contribution in [0.15, 0.2) is 18.2 Å². The van der Waals surface area contributed by atoms with Crippen LogP contribution >= 0.6 is 0 Å². The molecule has 1 aromatic carbocycles. The molecule has 0 bridgehead atoms. The van der Waals surface area contributed by atoms with Crippen LogP contribution in [0.3, 0.4) is 0 Å². The highest BCUT2D eigenvalue weighted by Gasteiger charge is 2.29. The van der Waals surface area contributed by atoms with Gasteiger partial charge >= 0.3 is 0 Å². The Kier molecular flexibility index (Phi) is 4.19.